The first-order chi connectivity index (χ1) is 13.3. The number of carbonyl (C=O) groups is 1. The van der Waals surface area contributed by atoms with E-state index in [1.807, 2.05) is 59.6 Å². The third kappa shape index (κ3) is 3.51. The molecule has 2 aromatic carbocycles. The number of hydrogen-bond acceptors (Lipinski definition) is 4. The van der Waals surface area contributed by atoms with Crippen molar-refractivity contribution in [3.05, 3.63) is 72.4 Å². The van der Waals surface area contributed by atoms with E-state index in [2.05, 4.69) is 22.0 Å². The minimum atomic E-state index is -0.548. The molecule has 0 spiro atoms. The maximum Gasteiger partial charge on any atom is 0.256 e. The van der Waals surface area contributed by atoms with Crippen molar-refractivity contribution in [3.8, 4) is 0 Å². The maximum absolute atomic E-state index is 13.0. The monoisotopic (exact) mass is 361 g/mol. The van der Waals surface area contributed by atoms with Gasteiger partial charge in [-0.05, 0) is 17.0 Å². The van der Waals surface area contributed by atoms with E-state index in [1.165, 1.54) is 5.39 Å². The summed E-state index contributed by atoms with van der Waals surface area (Å²) in [5.74, 6) is 1.01. The molecular weight excluding hydrogens is 338 g/mol. The van der Waals surface area contributed by atoms with E-state index < -0.39 is 6.10 Å². The lowest BCUT2D eigenvalue weighted by atomic mass is 10.1. The number of aromatic nitrogens is 1. The molecule has 1 saturated heterocycles. The highest BCUT2D eigenvalue weighted by Gasteiger charge is 2.29. The quantitative estimate of drug-likeness (QED) is 0.715. The largest absolute Gasteiger partial charge is 0.367 e. The summed E-state index contributed by atoms with van der Waals surface area (Å²) in [7, 11) is 1.59. The van der Waals surface area contributed by atoms with Gasteiger partial charge in [0.25, 0.3) is 5.91 Å². The number of pyridine rings is 1. The van der Waals surface area contributed by atoms with E-state index in [-0.39, 0.29) is 5.91 Å². The summed E-state index contributed by atoms with van der Waals surface area (Å²) in [4.78, 5) is 21.7. The second kappa shape index (κ2) is 7.76. The number of fused-ring (bicyclic) bond motifs is 1. The smallest absolute Gasteiger partial charge is 0.256 e. The molecule has 0 radical (unpaired) electrons. The van der Waals surface area contributed by atoms with Gasteiger partial charge in [-0.3, -0.25) is 4.79 Å². The molecule has 4 rings (SSSR count). The molecule has 1 aliphatic heterocycles. The fourth-order valence-electron chi connectivity index (χ4n) is 3.67. The van der Waals surface area contributed by atoms with Crippen LogP contribution >= 0.6 is 0 Å². The summed E-state index contributed by atoms with van der Waals surface area (Å²) in [6.07, 6.45) is 1.30. The third-order valence-corrected chi connectivity index (χ3v) is 5.11. The van der Waals surface area contributed by atoms with Gasteiger partial charge in [0.05, 0.1) is 0 Å². The number of carbonyl (C=O) groups excluding carboxylic acids is 1. The van der Waals surface area contributed by atoms with Gasteiger partial charge in [-0.2, -0.15) is 0 Å². The number of hydrogen-bond donors (Lipinski definition) is 0. The van der Waals surface area contributed by atoms with Crippen molar-refractivity contribution in [3.63, 3.8) is 0 Å². The van der Waals surface area contributed by atoms with Gasteiger partial charge in [0.15, 0.2) is 6.10 Å². The minimum Gasteiger partial charge on any atom is -0.367 e. The van der Waals surface area contributed by atoms with Gasteiger partial charge in [0.1, 0.15) is 5.82 Å². The molecule has 1 amide bonds. The molecule has 27 heavy (non-hydrogen) atoms. The molecule has 0 saturated carbocycles. The summed E-state index contributed by atoms with van der Waals surface area (Å²) in [6.45, 7) is 2.85. The maximum atomic E-state index is 13.0. The fourth-order valence-corrected chi connectivity index (χ4v) is 3.67. The average molecular weight is 361 g/mol. The van der Waals surface area contributed by atoms with Crippen LogP contribution in [0.25, 0.3) is 10.8 Å². The first-order valence-electron chi connectivity index (χ1n) is 9.23. The fraction of sp³-hybridized carbons (Fsp3) is 0.273. The predicted octanol–water partition coefficient (Wildman–Crippen LogP) is 3.27. The van der Waals surface area contributed by atoms with Crippen molar-refractivity contribution in [1.82, 2.24) is 9.88 Å². The summed E-state index contributed by atoms with van der Waals surface area (Å²) < 4.78 is 5.50. The van der Waals surface area contributed by atoms with Crippen LogP contribution in [-0.2, 0) is 9.53 Å². The Morgan fingerprint density at radius 3 is 2.41 bits per heavy atom. The third-order valence-electron chi connectivity index (χ3n) is 5.11. The van der Waals surface area contributed by atoms with Gasteiger partial charge < -0.3 is 14.5 Å². The van der Waals surface area contributed by atoms with Crippen molar-refractivity contribution < 1.29 is 9.53 Å². The molecule has 5 nitrogen and oxygen atoms in total. The van der Waals surface area contributed by atoms with Crippen molar-refractivity contribution in [2.75, 3.05) is 38.2 Å². The molecule has 0 N–H and O–H groups in total. The van der Waals surface area contributed by atoms with Crippen LogP contribution in [0.2, 0.25) is 0 Å². The van der Waals surface area contributed by atoms with Crippen LogP contribution < -0.4 is 4.90 Å². The van der Waals surface area contributed by atoms with Gasteiger partial charge in [-0.1, -0.05) is 54.6 Å². The van der Waals surface area contributed by atoms with E-state index in [1.54, 1.807) is 7.11 Å². The van der Waals surface area contributed by atoms with Crippen LogP contribution in [0.4, 0.5) is 5.82 Å². The minimum absolute atomic E-state index is 0.0224. The molecule has 1 atom stereocenters. The Morgan fingerprint density at radius 2 is 1.67 bits per heavy atom. The number of amides is 1. The molecule has 0 bridgehead atoms. The van der Waals surface area contributed by atoms with Gasteiger partial charge in [0.2, 0.25) is 0 Å². The van der Waals surface area contributed by atoms with E-state index >= 15 is 0 Å². The van der Waals surface area contributed by atoms with Crippen LogP contribution in [0.5, 0.6) is 0 Å². The van der Waals surface area contributed by atoms with Crippen LogP contribution in [0.1, 0.15) is 11.7 Å². The Bertz CT molecular complexity index is 916. The topological polar surface area (TPSA) is 45.7 Å². The van der Waals surface area contributed by atoms with E-state index in [0.29, 0.717) is 13.1 Å². The molecule has 2 heterocycles. The van der Waals surface area contributed by atoms with Crippen LogP contribution in [0.3, 0.4) is 0 Å². The summed E-state index contributed by atoms with van der Waals surface area (Å²) >= 11 is 0. The Balaban J connectivity index is 1.48. The molecule has 3 aromatic rings. The number of benzene rings is 2. The van der Waals surface area contributed by atoms with Gasteiger partial charge >= 0.3 is 0 Å². The van der Waals surface area contributed by atoms with E-state index in [0.717, 1.165) is 29.9 Å². The number of rotatable bonds is 4. The lowest BCUT2D eigenvalue weighted by Crippen LogP contribution is -2.50. The first-order valence-corrected chi connectivity index (χ1v) is 9.23. The number of ether oxygens (including phenoxy) is 1. The highest BCUT2D eigenvalue weighted by Crippen LogP contribution is 2.26. The van der Waals surface area contributed by atoms with Gasteiger partial charge in [0, 0.05) is 44.9 Å². The van der Waals surface area contributed by atoms with Gasteiger partial charge in [-0.25, -0.2) is 4.98 Å². The summed E-state index contributed by atoms with van der Waals surface area (Å²) in [5, 5.41) is 2.34. The SMILES string of the molecule is COC(C(=O)N1CCN(c2nccc3ccccc23)CC1)c1ccccc1. The van der Waals surface area contributed by atoms with Gasteiger partial charge in [-0.15, -0.1) is 0 Å². The zero-order valence-corrected chi connectivity index (χ0v) is 15.4. The molecule has 1 aromatic heterocycles. The predicted molar refractivity (Wildman–Crippen MR) is 107 cm³/mol. The highest BCUT2D eigenvalue weighted by atomic mass is 16.5. The lowest BCUT2D eigenvalue weighted by Gasteiger charge is -2.37. The van der Waals surface area contributed by atoms with Crippen LogP contribution in [0.15, 0.2) is 66.9 Å². The number of piperazine rings is 1. The molecule has 138 valence electrons. The van der Waals surface area contributed by atoms with E-state index in [4.69, 9.17) is 4.74 Å². The van der Waals surface area contributed by atoms with Crippen molar-refractivity contribution in [1.29, 1.82) is 0 Å². The second-order valence-corrected chi connectivity index (χ2v) is 6.69. The number of methoxy groups -OCH3 is 1. The van der Waals surface area contributed by atoms with Crippen LogP contribution in [0, 0.1) is 0 Å². The van der Waals surface area contributed by atoms with Crippen molar-refractivity contribution in [2.45, 2.75) is 6.10 Å². The second-order valence-electron chi connectivity index (χ2n) is 6.69. The summed E-state index contributed by atoms with van der Waals surface area (Å²) in [5.41, 5.74) is 0.892. The Morgan fingerprint density at radius 1 is 0.963 bits per heavy atom. The van der Waals surface area contributed by atoms with Crippen molar-refractivity contribution in [2.24, 2.45) is 0 Å². The summed E-state index contributed by atoms with van der Waals surface area (Å²) in [6, 6.07) is 20.0. The average Bonchev–Trinajstić information content (AvgIpc) is 2.75. The number of nitrogens with zero attached hydrogens (tertiary/aromatic N) is 3. The molecule has 0 aliphatic carbocycles. The highest BCUT2D eigenvalue weighted by molar-refractivity contribution is 5.92. The molecule has 1 fully saturated rings. The Kier molecular flexibility index (Phi) is 5.03. The van der Waals surface area contributed by atoms with Crippen LogP contribution in [-0.4, -0.2) is 49.1 Å². The first kappa shape index (κ1) is 17.5. The van der Waals surface area contributed by atoms with Crippen molar-refractivity contribution >= 4 is 22.5 Å². The molecular formula is C22H23N3O2. The standard InChI is InChI=1S/C22H23N3O2/c1-27-20(18-8-3-2-4-9-18)22(26)25-15-13-24(14-16-25)21-19-10-6-5-7-17(19)11-12-23-21/h2-12,20H,13-16H2,1H3. The normalized spacial score (nSPS) is 15.7. The zero-order valence-electron chi connectivity index (χ0n) is 15.4. The molecule has 1 unspecified atom stereocenters. The van der Waals surface area contributed by atoms with E-state index in [9.17, 15) is 4.79 Å². The lowest BCUT2D eigenvalue weighted by molar-refractivity contribution is -0.142. The Labute approximate surface area is 159 Å². The molecule has 5 heteroatoms. The zero-order chi connectivity index (χ0) is 18.6. The molecule has 1 aliphatic rings. The Hall–Kier alpha value is -2.92. The number of anilines is 1.